The first kappa shape index (κ1) is 16.3. The van der Waals surface area contributed by atoms with Gasteiger partial charge in [-0.25, -0.2) is 4.79 Å². The second-order valence-corrected chi connectivity index (χ2v) is 6.24. The molecule has 1 saturated heterocycles. The molecule has 1 atom stereocenters. The van der Waals surface area contributed by atoms with Gasteiger partial charge in [-0.05, 0) is 43.4 Å². The van der Waals surface area contributed by atoms with Gasteiger partial charge in [-0.3, -0.25) is 4.79 Å². The molecule has 2 rings (SSSR count). The van der Waals surface area contributed by atoms with E-state index in [1.54, 1.807) is 13.0 Å². The van der Waals surface area contributed by atoms with E-state index in [1.165, 1.54) is 4.90 Å². The van der Waals surface area contributed by atoms with E-state index in [9.17, 15) is 14.7 Å². The van der Waals surface area contributed by atoms with Crippen molar-refractivity contribution in [3.8, 4) is 5.75 Å². The zero-order chi connectivity index (χ0) is 16.3. The number of benzene rings is 1. The van der Waals surface area contributed by atoms with Crippen molar-refractivity contribution in [2.24, 2.45) is 0 Å². The number of aliphatic carboxylic acids is 1. The summed E-state index contributed by atoms with van der Waals surface area (Å²) in [6, 6.07) is 7.63. The van der Waals surface area contributed by atoms with Gasteiger partial charge in [0.25, 0.3) is 5.91 Å². The lowest BCUT2D eigenvalue weighted by Gasteiger charge is -2.31. The third-order valence-electron chi connectivity index (χ3n) is 4.29. The summed E-state index contributed by atoms with van der Waals surface area (Å²) in [6.07, 6.45) is 1.19. The number of ether oxygens (including phenoxy) is 1. The van der Waals surface area contributed by atoms with E-state index in [1.807, 2.05) is 18.2 Å². The minimum absolute atomic E-state index is 0.135. The van der Waals surface area contributed by atoms with Crippen LogP contribution in [-0.4, -0.2) is 40.6 Å². The van der Waals surface area contributed by atoms with E-state index >= 15 is 0 Å². The number of amides is 1. The molecule has 1 aliphatic rings. The molecule has 0 spiro atoms. The molecule has 120 valence electrons. The van der Waals surface area contributed by atoms with Gasteiger partial charge in [-0.2, -0.15) is 0 Å². The Morgan fingerprint density at radius 1 is 1.41 bits per heavy atom. The van der Waals surface area contributed by atoms with Gasteiger partial charge in [0.15, 0.2) is 6.61 Å². The smallest absolute Gasteiger partial charge is 0.329 e. The quantitative estimate of drug-likeness (QED) is 0.908. The fourth-order valence-electron chi connectivity index (χ4n) is 2.77. The topological polar surface area (TPSA) is 66.8 Å². The van der Waals surface area contributed by atoms with Crippen LogP contribution in [0.15, 0.2) is 24.3 Å². The lowest BCUT2D eigenvalue weighted by atomic mass is 9.99. The maximum Gasteiger partial charge on any atom is 0.329 e. The molecule has 5 nitrogen and oxygen atoms in total. The number of carbonyl (C=O) groups is 2. The van der Waals surface area contributed by atoms with Crippen LogP contribution in [0.5, 0.6) is 5.75 Å². The largest absolute Gasteiger partial charge is 0.484 e. The van der Waals surface area contributed by atoms with Crippen molar-refractivity contribution in [2.75, 3.05) is 13.2 Å². The van der Waals surface area contributed by atoms with Crippen molar-refractivity contribution in [2.45, 2.75) is 45.1 Å². The average molecular weight is 305 g/mol. The van der Waals surface area contributed by atoms with Gasteiger partial charge < -0.3 is 14.7 Å². The highest BCUT2D eigenvalue weighted by molar-refractivity contribution is 5.88. The Morgan fingerprint density at radius 3 is 2.77 bits per heavy atom. The number of carboxylic acids is 1. The van der Waals surface area contributed by atoms with Crippen LogP contribution in [0.2, 0.25) is 0 Å². The van der Waals surface area contributed by atoms with Crippen LogP contribution in [0, 0.1) is 0 Å². The predicted molar refractivity (Wildman–Crippen MR) is 83.0 cm³/mol. The molecule has 0 bridgehead atoms. The minimum Gasteiger partial charge on any atom is -0.484 e. The zero-order valence-electron chi connectivity index (χ0n) is 13.3. The number of likely N-dealkylation sites (tertiary alicyclic amines) is 1. The van der Waals surface area contributed by atoms with Crippen molar-refractivity contribution in [3.05, 3.63) is 29.8 Å². The molecule has 0 saturated carbocycles. The summed E-state index contributed by atoms with van der Waals surface area (Å²) in [5.41, 5.74) is 0.0294. The highest BCUT2D eigenvalue weighted by Gasteiger charge is 2.45. The first-order valence-corrected chi connectivity index (χ1v) is 7.61. The second kappa shape index (κ2) is 6.38. The molecule has 22 heavy (non-hydrogen) atoms. The maximum absolute atomic E-state index is 12.3. The van der Waals surface area contributed by atoms with E-state index in [0.717, 1.165) is 5.56 Å². The Kier molecular flexibility index (Phi) is 4.74. The molecule has 1 unspecified atom stereocenters. The minimum atomic E-state index is -1.11. The van der Waals surface area contributed by atoms with E-state index in [-0.39, 0.29) is 12.5 Å². The van der Waals surface area contributed by atoms with Crippen molar-refractivity contribution < 1.29 is 19.4 Å². The lowest BCUT2D eigenvalue weighted by molar-refractivity contribution is -0.156. The number of rotatable bonds is 5. The summed E-state index contributed by atoms with van der Waals surface area (Å²) in [6.45, 7) is 6.11. The normalized spacial score (nSPS) is 21.2. The molecular weight excluding hydrogens is 282 g/mol. The maximum atomic E-state index is 12.3. The summed E-state index contributed by atoms with van der Waals surface area (Å²) in [5, 5.41) is 9.34. The lowest BCUT2D eigenvalue weighted by Crippen LogP contribution is -2.52. The van der Waals surface area contributed by atoms with E-state index in [4.69, 9.17) is 4.74 Å². The molecule has 0 aromatic heterocycles. The van der Waals surface area contributed by atoms with Gasteiger partial charge in [-0.1, -0.05) is 26.0 Å². The van der Waals surface area contributed by atoms with Gasteiger partial charge in [0.2, 0.25) is 0 Å². The Bertz CT molecular complexity index is 570. The molecule has 0 aliphatic carbocycles. The third-order valence-corrected chi connectivity index (χ3v) is 4.29. The Hall–Kier alpha value is -2.04. The SMILES string of the molecule is CC(C)c1cccc(OCC(=O)N2CCCC2(C)C(=O)O)c1. The summed E-state index contributed by atoms with van der Waals surface area (Å²) < 4.78 is 5.56. The zero-order valence-corrected chi connectivity index (χ0v) is 13.3. The van der Waals surface area contributed by atoms with Crippen molar-refractivity contribution in [1.82, 2.24) is 4.90 Å². The number of nitrogens with zero attached hydrogens (tertiary/aromatic N) is 1. The second-order valence-electron chi connectivity index (χ2n) is 6.24. The van der Waals surface area contributed by atoms with Crippen LogP contribution in [0.4, 0.5) is 0 Å². The van der Waals surface area contributed by atoms with Crippen LogP contribution < -0.4 is 4.74 Å². The van der Waals surface area contributed by atoms with Gasteiger partial charge in [-0.15, -0.1) is 0 Å². The molecule has 1 aromatic rings. The standard InChI is InChI=1S/C17H23NO4/c1-12(2)13-6-4-7-14(10-13)22-11-15(19)18-9-5-8-17(18,3)16(20)21/h4,6-7,10,12H,5,8-9,11H2,1-3H3,(H,20,21). The van der Waals surface area contributed by atoms with E-state index in [0.29, 0.717) is 31.1 Å². The van der Waals surface area contributed by atoms with Gasteiger partial charge in [0.05, 0.1) is 0 Å². The highest BCUT2D eigenvalue weighted by Crippen LogP contribution is 2.29. The first-order valence-electron chi connectivity index (χ1n) is 7.61. The number of carbonyl (C=O) groups excluding carboxylic acids is 1. The Balaban J connectivity index is 2.01. The molecule has 1 aliphatic heterocycles. The van der Waals surface area contributed by atoms with Crippen molar-refractivity contribution in [3.63, 3.8) is 0 Å². The first-order chi connectivity index (χ1) is 10.3. The van der Waals surface area contributed by atoms with E-state index < -0.39 is 11.5 Å². The number of carboxylic acid groups (broad SMARTS) is 1. The Labute approximate surface area is 130 Å². The van der Waals surface area contributed by atoms with Crippen LogP contribution in [0.25, 0.3) is 0 Å². The summed E-state index contributed by atoms with van der Waals surface area (Å²) in [7, 11) is 0. The van der Waals surface area contributed by atoms with Crippen LogP contribution in [0.1, 0.15) is 45.1 Å². The fraction of sp³-hybridized carbons (Fsp3) is 0.529. The van der Waals surface area contributed by atoms with Crippen LogP contribution in [0.3, 0.4) is 0 Å². The highest BCUT2D eigenvalue weighted by atomic mass is 16.5. The van der Waals surface area contributed by atoms with Crippen molar-refractivity contribution >= 4 is 11.9 Å². The van der Waals surface area contributed by atoms with Gasteiger partial charge in [0, 0.05) is 6.54 Å². The molecule has 1 aromatic carbocycles. The van der Waals surface area contributed by atoms with Gasteiger partial charge >= 0.3 is 5.97 Å². The monoisotopic (exact) mass is 305 g/mol. The van der Waals surface area contributed by atoms with Crippen LogP contribution >= 0.6 is 0 Å². The third kappa shape index (κ3) is 3.24. The molecule has 0 radical (unpaired) electrons. The molecule has 1 fully saturated rings. The molecule has 1 heterocycles. The molecular formula is C17H23NO4. The summed E-state index contributed by atoms with van der Waals surface area (Å²) >= 11 is 0. The fourth-order valence-corrected chi connectivity index (χ4v) is 2.77. The number of hydrogen-bond donors (Lipinski definition) is 1. The molecule has 5 heteroatoms. The Morgan fingerprint density at radius 2 is 2.14 bits per heavy atom. The summed E-state index contributed by atoms with van der Waals surface area (Å²) in [5.74, 6) is -0.221. The molecule has 1 N–H and O–H groups in total. The van der Waals surface area contributed by atoms with E-state index in [2.05, 4.69) is 13.8 Å². The number of hydrogen-bond acceptors (Lipinski definition) is 3. The summed E-state index contributed by atoms with van der Waals surface area (Å²) in [4.78, 5) is 25.1. The van der Waals surface area contributed by atoms with Crippen molar-refractivity contribution in [1.29, 1.82) is 0 Å². The molecule has 1 amide bonds. The van der Waals surface area contributed by atoms with Crippen LogP contribution in [-0.2, 0) is 9.59 Å². The average Bonchev–Trinajstić information content (AvgIpc) is 2.88. The predicted octanol–water partition coefficient (Wildman–Crippen LogP) is 2.65. The van der Waals surface area contributed by atoms with Gasteiger partial charge in [0.1, 0.15) is 11.3 Å².